The fourth-order valence-electron chi connectivity index (χ4n) is 1.42. The molecule has 0 radical (unpaired) electrons. The van der Waals surface area contributed by atoms with Crippen molar-refractivity contribution >= 4 is 11.6 Å². The van der Waals surface area contributed by atoms with Crippen molar-refractivity contribution in [3.05, 3.63) is 29.8 Å². The predicted octanol–water partition coefficient (Wildman–Crippen LogP) is -0.654. The number of carbonyl (C=O) groups excluding carboxylic acids is 1. The first kappa shape index (κ1) is 10.2. The van der Waals surface area contributed by atoms with Gasteiger partial charge < -0.3 is 11.5 Å². The van der Waals surface area contributed by atoms with Crippen LogP contribution in [0.15, 0.2) is 18.5 Å². The third kappa shape index (κ3) is 1.88. The lowest BCUT2D eigenvalue weighted by Gasteiger charge is -1.96. The number of nitrogens with two attached hydrogens (primary N) is 2. The average molecular weight is 220 g/mol. The van der Waals surface area contributed by atoms with Crippen LogP contribution >= 0.6 is 0 Å². The Bertz CT molecular complexity index is 526. The summed E-state index contributed by atoms with van der Waals surface area (Å²) in [7, 11) is 1.83. The van der Waals surface area contributed by atoms with Crippen molar-refractivity contribution in [2.75, 3.05) is 5.73 Å². The molecular weight excluding hydrogens is 208 g/mol. The van der Waals surface area contributed by atoms with Gasteiger partial charge in [0.1, 0.15) is 0 Å². The maximum atomic E-state index is 10.9. The van der Waals surface area contributed by atoms with Crippen molar-refractivity contribution in [1.29, 1.82) is 0 Å². The summed E-state index contributed by atoms with van der Waals surface area (Å²) in [6, 6.07) is 1.86. The minimum atomic E-state index is -0.628. The van der Waals surface area contributed by atoms with Gasteiger partial charge >= 0.3 is 0 Å². The summed E-state index contributed by atoms with van der Waals surface area (Å²) in [6.07, 6.45) is 3.39. The first-order valence-electron chi connectivity index (χ1n) is 4.67. The van der Waals surface area contributed by atoms with Crippen LogP contribution in [-0.4, -0.2) is 25.5 Å². The number of nitrogens with zero attached hydrogens (tertiary/aromatic N) is 4. The Labute approximate surface area is 91.6 Å². The van der Waals surface area contributed by atoms with Crippen molar-refractivity contribution in [2.45, 2.75) is 6.54 Å². The molecule has 0 aliphatic rings. The summed E-state index contributed by atoms with van der Waals surface area (Å²) in [5, 5.41) is 8.17. The Hall–Kier alpha value is -2.31. The van der Waals surface area contributed by atoms with Gasteiger partial charge in [-0.05, 0) is 6.07 Å². The zero-order valence-electron chi connectivity index (χ0n) is 8.79. The molecule has 0 aliphatic heterocycles. The van der Waals surface area contributed by atoms with Gasteiger partial charge in [-0.3, -0.25) is 14.2 Å². The molecule has 7 nitrogen and oxygen atoms in total. The summed E-state index contributed by atoms with van der Waals surface area (Å²) in [4.78, 5) is 10.9. The number of hydrogen-bond donors (Lipinski definition) is 2. The minimum Gasteiger partial charge on any atom is -0.396 e. The summed E-state index contributed by atoms with van der Waals surface area (Å²) < 4.78 is 3.23. The van der Waals surface area contributed by atoms with E-state index in [2.05, 4.69) is 10.2 Å². The van der Waals surface area contributed by atoms with E-state index in [-0.39, 0.29) is 11.4 Å². The molecule has 2 aromatic heterocycles. The van der Waals surface area contributed by atoms with Crippen LogP contribution in [0.2, 0.25) is 0 Å². The fraction of sp³-hybridized carbons (Fsp3) is 0.222. The summed E-state index contributed by atoms with van der Waals surface area (Å²) >= 11 is 0. The zero-order chi connectivity index (χ0) is 11.7. The van der Waals surface area contributed by atoms with E-state index in [1.807, 2.05) is 19.3 Å². The Morgan fingerprint density at radius 3 is 2.75 bits per heavy atom. The molecule has 0 bridgehead atoms. The largest absolute Gasteiger partial charge is 0.396 e. The highest BCUT2D eigenvalue weighted by atomic mass is 16.1. The molecule has 0 fully saturated rings. The van der Waals surface area contributed by atoms with Gasteiger partial charge in [-0.1, -0.05) is 0 Å². The molecule has 0 saturated carbocycles. The molecule has 0 aliphatic carbocycles. The second-order valence-corrected chi connectivity index (χ2v) is 3.48. The molecule has 16 heavy (non-hydrogen) atoms. The molecule has 2 aromatic rings. The highest BCUT2D eigenvalue weighted by Crippen LogP contribution is 2.09. The Morgan fingerprint density at radius 2 is 2.25 bits per heavy atom. The van der Waals surface area contributed by atoms with Crippen LogP contribution in [-0.2, 0) is 13.6 Å². The van der Waals surface area contributed by atoms with E-state index in [1.165, 1.54) is 4.68 Å². The molecule has 84 valence electrons. The van der Waals surface area contributed by atoms with Gasteiger partial charge in [0.2, 0.25) is 0 Å². The summed E-state index contributed by atoms with van der Waals surface area (Å²) in [6.45, 7) is 0.457. The van der Waals surface area contributed by atoms with Crippen molar-refractivity contribution < 1.29 is 4.79 Å². The highest BCUT2D eigenvalue weighted by molar-refractivity contribution is 5.95. The van der Waals surface area contributed by atoms with Gasteiger partial charge in [0, 0.05) is 19.4 Å². The van der Waals surface area contributed by atoms with Gasteiger partial charge in [-0.2, -0.15) is 10.2 Å². The van der Waals surface area contributed by atoms with Crippen molar-refractivity contribution in [2.24, 2.45) is 12.8 Å². The molecule has 2 rings (SSSR count). The number of anilines is 1. The van der Waals surface area contributed by atoms with Crippen LogP contribution in [0.5, 0.6) is 0 Å². The van der Waals surface area contributed by atoms with Crippen LogP contribution in [0.1, 0.15) is 16.2 Å². The minimum absolute atomic E-state index is 0.0935. The topological polar surface area (TPSA) is 105 Å². The number of hydrogen-bond acceptors (Lipinski definition) is 4. The molecular formula is C9H12N6O. The number of carbonyl (C=O) groups is 1. The molecule has 1 amide bonds. The lowest BCUT2D eigenvalue weighted by Crippen LogP contribution is -2.14. The van der Waals surface area contributed by atoms with Gasteiger partial charge in [0.15, 0.2) is 5.69 Å². The van der Waals surface area contributed by atoms with Gasteiger partial charge in [0.05, 0.1) is 17.9 Å². The highest BCUT2D eigenvalue weighted by Gasteiger charge is 2.11. The first-order valence-corrected chi connectivity index (χ1v) is 4.67. The van der Waals surface area contributed by atoms with Crippen LogP contribution in [0, 0.1) is 0 Å². The molecule has 7 heteroatoms. The molecule has 0 saturated heterocycles. The fourth-order valence-corrected chi connectivity index (χ4v) is 1.42. The molecule has 4 N–H and O–H groups in total. The number of primary amides is 1. The van der Waals surface area contributed by atoms with E-state index in [0.29, 0.717) is 6.54 Å². The van der Waals surface area contributed by atoms with E-state index in [9.17, 15) is 4.79 Å². The third-order valence-corrected chi connectivity index (χ3v) is 2.12. The van der Waals surface area contributed by atoms with Crippen LogP contribution in [0.25, 0.3) is 0 Å². The maximum absolute atomic E-state index is 10.9. The van der Waals surface area contributed by atoms with E-state index < -0.39 is 5.91 Å². The summed E-state index contributed by atoms with van der Waals surface area (Å²) in [5.74, 6) is -0.628. The van der Waals surface area contributed by atoms with Crippen molar-refractivity contribution in [1.82, 2.24) is 19.6 Å². The molecule has 0 aromatic carbocycles. The predicted molar refractivity (Wildman–Crippen MR) is 57.5 cm³/mol. The van der Waals surface area contributed by atoms with Crippen LogP contribution in [0.4, 0.5) is 5.69 Å². The molecule has 0 atom stereocenters. The quantitative estimate of drug-likeness (QED) is 0.716. The number of aryl methyl sites for hydroxylation is 1. The van der Waals surface area contributed by atoms with E-state index in [0.717, 1.165) is 5.69 Å². The second-order valence-electron chi connectivity index (χ2n) is 3.48. The van der Waals surface area contributed by atoms with E-state index in [1.54, 1.807) is 10.9 Å². The van der Waals surface area contributed by atoms with Gasteiger partial charge in [-0.15, -0.1) is 0 Å². The second kappa shape index (κ2) is 3.69. The number of nitrogen functional groups attached to an aromatic ring is 1. The Morgan fingerprint density at radius 1 is 1.50 bits per heavy atom. The average Bonchev–Trinajstić information content (AvgIpc) is 2.73. The Balaban J connectivity index is 2.22. The van der Waals surface area contributed by atoms with Crippen molar-refractivity contribution in [3.63, 3.8) is 0 Å². The molecule has 0 unspecified atom stereocenters. The molecule has 2 heterocycles. The lowest BCUT2D eigenvalue weighted by atomic mass is 10.4. The number of rotatable bonds is 3. The van der Waals surface area contributed by atoms with Crippen LogP contribution < -0.4 is 11.5 Å². The summed E-state index contributed by atoms with van der Waals surface area (Å²) in [5.41, 5.74) is 11.9. The monoisotopic (exact) mass is 220 g/mol. The van der Waals surface area contributed by atoms with E-state index in [4.69, 9.17) is 11.5 Å². The standard InChI is InChI=1S/C9H12N6O/c1-14-3-2-6(12-14)4-15-5-7(10)8(13-15)9(11)16/h2-3,5H,4,10H2,1H3,(H2,11,16). The number of aromatic nitrogens is 4. The number of amides is 1. The SMILES string of the molecule is Cn1ccc(Cn2cc(N)c(C(N)=O)n2)n1. The molecule has 0 spiro atoms. The first-order chi connectivity index (χ1) is 7.56. The zero-order valence-corrected chi connectivity index (χ0v) is 8.79. The van der Waals surface area contributed by atoms with E-state index >= 15 is 0 Å². The van der Waals surface area contributed by atoms with Gasteiger partial charge in [0.25, 0.3) is 5.91 Å². The lowest BCUT2D eigenvalue weighted by molar-refractivity contribution is 0.0995. The normalized spacial score (nSPS) is 10.6. The maximum Gasteiger partial charge on any atom is 0.271 e. The third-order valence-electron chi connectivity index (χ3n) is 2.12. The van der Waals surface area contributed by atoms with Crippen LogP contribution in [0.3, 0.4) is 0 Å². The van der Waals surface area contributed by atoms with Gasteiger partial charge in [-0.25, -0.2) is 0 Å². The Kier molecular flexibility index (Phi) is 2.35. The smallest absolute Gasteiger partial charge is 0.271 e. The van der Waals surface area contributed by atoms with Crippen molar-refractivity contribution in [3.8, 4) is 0 Å².